The Hall–Kier alpha value is -1.92. The van der Waals surface area contributed by atoms with Gasteiger partial charge in [0, 0.05) is 48.7 Å². The van der Waals surface area contributed by atoms with Gasteiger partial charge < -0.3 is 10.0 Å². The topological polar surface area (TPSA) is 56.7 Å². The lowest BCUT2D eigenvalue weighted by atomic mass is 9.98. The Labute approximate surface area is 159 Å². The van der Waals surface area contributed by atoms with E-state index in [-0.39, 0.29) is 5.92 Å². The van der Waals surface area contributed by atoms with Crippen molar-refractivity contribution in [2.75, 3.05) is 31.1 Å². The fourth-order valence-electron chi connectivity index (χ4n) is 3.44. The van der Waals surface area contributed by atoms with Crippen LogP contribution in [0.25, 0.3) is 0 Å². The van der Waals surface area contributed by atoms with Gasteiger partial charge in [-0.15, -0.1) is 11.3 Å². The first-order valence-corrected chi connectivity index (χ1v) is 10.1. The summed E-state index contributed by atoms with van der Waals surface area (Å²) in [6, 6.07) is 6.28. The Bertz CT molecular complexity index is 764. The van der Waals surface area contributed by atoms with Gasteiger partial charge in [-0.2, -0.15) is 0 Å². The summed E-state index contributed by atoms with van der Waals surface area (Å²) >= 11 is 1.89. The summed E-state index contributed by atoms with van der Waals surface area (Å²) in [6.45, 7) is 10.7. The normalized spacial score (nSPS) is 15.6. The van der Waals surface area contributed by atoms with Crippen molar-refractivity contribution in [3.63, 3.8) is 0 Å². The number of pyridine rings is 1. The van der Waals surface area contributed by atoms with Crippen LogP contribution in [0.5, 0.6) is 0 Å². The second-order valence-corrected chi connectivity index (χ2v) is 8.30. The molecule has 6 heteroatoms. The van der Waals surface area contributed by atoms with Gasteiger partial charge in [0.15, 0.2) is 0 Å². The van der Waals surface area contributed by atoms with Crippen LogP contribution < -0.4 is 4.90 Å². The number of carbonyl (C=O) groups is 1. The zero-order chi connectivity index (χ0) is 18.7. The predicted molar refractivity (Wildman–Crippen MR) is 106 cm³/mol. The molecular weight excluding hydrogens is 346 g/mol. The summed E-state index contributed by atoms with van der Waals surface area (Å²) in [7, 11) is 0. The zero-order valence-corrected chi connectivity index (χ0v) is 16.6. The highest BCUT2D eigenvalue weighted by atomic mass is 32.1. The number of carboxylic acids is 1. The molecule has 0 unspecified atom stereocenters. The zero-order valence-electron chi connectivity index (χ0n) is 15.7. The van der Waals surface area contributed by atoms with E-state index >= 15 is 0 Å². The van der Waals surface area contributed by atoms with Crippen molar-refractivity contribution in [3.8, 4) is 0 Å². The van der Waals surface area contributed by atoms with Crippen LogP contribution in [-0.2, 0) is 13.0 Å². The molecule has 0 amide bonds. The first-order valence-electron chi connectivity index (χ1n) is 9.26. The highest BCUT2D eigenvalue weighted by Gasteiger charge is 2.25. The van der Waals surface area contributed by atoms with Crippen LogP contribution in [0.2, 0.25) is 0 Å². The third-order valence-electron chi connectivity index (χ3n) is 4.92. The highest BCUT2D eigenvalue weighted by Crippen LogP contribution is 2.28. The molecule has 2 aromatic rings. The van der Waals surface area contributed by atoms with Gasteiger partial charge in [0.1, 0.15) is 11.4 Å². The van der Waals surface area contributed by atoms with Crippen LogP contribution in [0.3, 0.4) is 0 Å². The van der Waals surface area contributed by atoms with Gasteiger partial charge in [-0.05, 0) is 36.1 Å². The summed E-state index contributed by atoms with van der Waals surface area (Å²) in [4.78, 5) is 23.7. The van der Waals surface area contributed by atoms with Crippen LogP contribution in [0.1, 0.15) is 52.4 Å². The van der Waals surface area contributed by atoms with Crippen LogP contribution in [0, 0.1) is 0 Å². The molecule has 3 rings (SSSR count). The second kappa shape index (κ2) is 8.18. The van der Waals surface area contributed by atoms with Gasteiger partial charge in [-0.25, -0.2) is 9.78 Å². The summed E-state index contributed by atoms with van der Waals surface area (Å²) in [5, 5.41) is 9.72. The van der Waals surface area contributed by atoms with E-state index in [0.717, 1.165) is 44.7 Å². The van der Waals surface area contributed by atoms with Gasteiger partial charge >= 0.3 is 5.97 Å². The molecule has 0 spiro atoms. The Balaban J connectivity index is 1.70. The molecule has 5 nitrogen and oxygen atoms in total. The fraction of sp³-hybridized carbons (Fsp3) is 0.500. The third kappa shape index (κ3) is 4.07. The molecule has 1 saturated heterocycles. The molecule has 26 heavy (non-hydrogen) atoms. The highest BCUT2D eigenvalue weighted by molar-refractivity contribution is 7.11. The van der Waals surface area contributed by atoms with E-state index in [1.807, 2.05) is 31.3 Å². The van der Waals surface area contributed by atoms with Crippen molar-refractivity contribution in [1.82, 2.24) is 9.88 Å². The van der Waals surface area contributed by atoms with Gasteiger partial charge in [-0.3, -0.25) is 4.90 Å². The number of nitrogens with zero attached hydrogens (tertiary/aromatic N) is 3. The average molecular weight is 374 g/mol. The Morgan fingerprint density at radius 2 is 1.88 bits per heavy atom. The van der Waals surface area contributed by atoms with E-state index in [1.54, 1.807) is 6.20 Å². The van der Waals surface area contributed by atoms with E-state index in [0.29, 0.717) is 11.4 Å². The molecule has 3 heterocycles. The van der Waals surface area contributed by atoms with Crippen molar-refractivity contribution in [2.45, 2.75) is 39.7 Å². The lowest BCUT2D eigenvalue weighted by Crippen LogP contribution is -2.46. The van der Waals surface area contributed by atoms with E-state index in [2.05, 4.69) is 33.8 Å². The molecule has 0 saturated carbocycles. The summed E-state index contributed by atoms with van der Waals surface area (Å²) in [5.74, 6) is -0.103. The lowest BCUT2D eigenvalue weighted by molar-refractivity contribution is 0.0695. The maximum atomic E-state index is 11.9. The average Bonchev–Trinajstić information content (AvgIpc) is 3.09. The molecule has 1 aliphatic rings. The number of hydrogen-bond donors (Lipinski definition) is 1. The van der Waals surface area contributed by atoms with Crippen molar-refractivity contribution in [3.05, 3.63) is 45.3 Å². The molecule has 0 radical (unpaired) electrons. The Morgan fingerprint density at radius 1 is 1.19 bits per heavy atom. The molecule has 0 bridgehead atoms. The molecule has 0 aliphatic carbocycles. The van der Waals surface area contributed by atoms with Crippen molar-refractivity contribution in [2.24, 2.45) is 0 Å². The summed E-state index contributed by atoms with van der Waals surface area (Å²) in [6.07, 6.45) is 2.83. The Morgan fingerprint density at radius 3 is 2.46 bits per heavy atom. The minimum absolute atomic E-state index is 0.163. The van der Waals surface area contributed by atoms with Crippen LogP contribution >= 0.6 is 11.3 Å². The summed E-state index contributed by atoms with van der Waals surface area (Å²) in [5.41, 5.74) is 1.22. The number of anilines is 1. The SMILES string of the molecule is CCc1ccc(CN2CCN(c3nccc(C(C)C)c3C(=O)O)CC2)s1. The number of aryl methyl sites for hydroxylation is 1. The largest absolute Gasteiger partial charge is 0.478 e. The van der Waals surface area contributed by atoms with Crippen molar-refractivity contribution < 1.29 is 9.90 Å². The molecule has 2 aromatic heterocycles. The van der Waals surface area contributed by atoms with Gasteiger partial charge in [-0.1, -0.05) is 20.8 Å². The lowest BCUT2D eigenvalue weighted by Gasteiger charge is -2.36. The Kier molecular flexibility index (Phi) is 5.94. The van der Waals surface area contributed by atoms with Crippen molar-refractivity contribution in [1.29, 1.82) is 0 Å². The molecule has 1 N–H and O–H groups in total. The monoisotopic (exact) mass is 373 g/mol. The van der Waals surface area contributed by atoms with E-state index < -0.39 is 5.97 Å². The number of carboxylic acid groups (broad SMARTS) is 1. The van der Waals surface area contributed by atoms with Crippen molar-refractivity contribution >= 4 is 23.1 Å². The van der Waals surface area contributed by atoms with Gasteiger partial charge in [0.25, 0.3) is 0 Å². The molecule has 140 valence electrons. The smallest absolute Gasteiger partial charge is 0.339 e. The summed E-state index contributed by atoms with van der Waals surface area (Å²) < 4.78 is 0. The molecule has 1 fully saturated rings. The number of thiophene rings is 1. The van der Waals surface area contributed by atoms with Gasteiger partial charge in [0.2, 0.25) is 0 Å². The minimum Gasteiger partial charge on any atom is -0.478 e. The van der Waals surface area contributed by atoms with Gasteiger partial charge in [0.05, 0.1) is 0 Å². The molecular formula is C20H27N3O2S. The maximum Gasteiger partial charge on any atom is 0.339 e. The van der Waals surface area contributed by atoms with Crippen LogP contribution in [-0.4, -0.2) is 47.1 Å². The standard InChI is InChI=1S/C20H27N3O2S/c1-4-15-5-6-16(26-15)13-22-9-11-23(12-10-22)19-18(20(24)25)17(14(2)3)7-8-21-19/h5-8,14H,4,9-13H2,1-3H3,(H,24,25). The number of piperazine rings is 1. The second-order valence-electron chi connectivity index (χ2n) is 7.04. The number of rotatable bonds is 6. The molecule has 1 aliphatic heterocycles. The quantitative estimate of drug-likeness (QED) is 0.833. The minimum atomic E-state index is -0.884. The van der Waals surface area contributed by atoms with Crippen LogP contribution in [0.15, 0.2) is 24.4 Å². The van der Waals surface area contributed by atoms with E-state index in [4.69, 9.17) is 0 Å². The predicted octanol–water partition coefficient (Wildman–Crippen LogP) is 3.85. The number of aromatic carboxylic acids is 1. The number of aromatic nitrogens is 1. The first-order chi connectivity index (χ1) is 12.5. The fourth-order valence-corrected chi connectivity index (χ4v) is 4.44. The van der Waals surface area contributed by atoms with E-state index in [9.17, 15) is 9.90 Å². The molecule has 0 aromatic carbocycles. The van der Waals surface area contributed by atoms with Crippen LogP contribution in [0.4, 0.5) is 5.82 Å². The number of hydrogen-bond acceptors (Lipinski definition) is 5. The first kappa shape index (κ1) is 18.9. The van der Waals surface area contributed by atoms with E-state index in [1.165, 1.54) is 9.75 Å². The third-order valence-corrected chi connectivity index (χ3v) is 6.13. The molecule has 0 atom stereocenters. The maximum absolute atomic E-state index is 11.9.